The van der Waals surface area contributed by atoms with Crippen LogP contribution in [0.2, 0.25) is 0 Å². The van der Waals surface area contributed by atoms with E-state index in [1.165, 1.54) is 12.8 Å². The summed E-state index contributed by atoms with van der Waals surface area (Å²) in [7, 11) is 0. The Morgan fingerprint density at radius 2 is 1.81 bits per heavy atom. The van der Waals surface area contributed by atoms with Crippen molar-refractivity contribution in [2.24, 2.45) is 0 Å². The van der Waals surface area contributed by atoms with Gasteiger partial charge in [0.15, 0.2) is 0 Å². The zero-order valence-electron chi connectivity index (χ0n) is 12.2. The second-order valence-electron chi connectivity index (χ2n) is 5.74. The van der Waals surface area contributed by atoms with Crippen LogP contribution in [0.5, 0.6) is 11.5 Å². The van der Waals surface area contributed by atoms with Crippen molar-refractivity contribution in [3.8, 4) is 11.5 Å². The first-order valence-corrected chi connectivity index (χ1v) is 7.66. The lowest BCUT2D eigenvalue weighted by Gasteiger charge is -2.34. The first-order chi connectivity index (χ1) is 10.2. The Balaban J connectivity index is 1.37. The Hall–Kier alpha value is -1.75. The minimum absolute atomic E-state index is 0.171. The first kappa shape index (κ1) is 14.2. The van der Waals surface area contributed by atoms with Gasteiger partial charge in [0.2, 0.25) is 5.91 Å². The van der Waals surface area contributed by atoms with Gasteiger partial charge in [0.05, 0.1) is 13.0 Å². The molecule has 1 aromatic rings. The van der Waals surface area contributed by atoms with E-state index in [1.807, 2.05) is 4.90 Å². The van der Waals surface area contributed by atoms with E-state index in [2.05, 4.69) is 4.90 Å². The molecule has 1 aromatic carbocycles. The van der Waals surface area contributed by atoms with Gasteiger partial charge in [0, 0.05) is 32.2 Å². The van der Waals surface area contributed by atoms with Crippen LogP contribution in [0.25, 0.3) is 0 Å². The molecule has 0 aromatic heterocycles. The lowest BCUT2D eigenvalue weighted by molar-refractivity contribution is -0.133. The third-order valence-corrected chi connectivity index (χ3v) is 4.15. The molecular formula is C16H22N2O3. The van der Waals surface area contributed by atoms with Crippen molar-refractivity contribution in [2.45, 2.75) is 25.3 Å². The molecule has 1 amide bonds. The maximum absolute atomic E-state index is 12.1. The Bertz CT molecular complexity index is 477. The average Bonchev–Trinajstić information content (AvgIpc) is 3.34. The molecule has 5 heteroatoms. The van der Waals surface area contributed by atoms with E-state index < -0.39 is 0 Å². The van der Waals surface area contributed by atoms with Crippen LogP contribution in [0.1, 0.15) is 19.3 Å². The van der Waals surface area contributed by atoms with Gasteiger partial charge in [-0.3, -0.25) is 9.69 Å². The molecule has 1 saturated heterocycles. The number of aromatic hydroxyl groups is 1. The van der Waals surface area contributed by atoms with Gasteiger partial charge in [-0.1, -0.05) is 0 Å². The second kappa shape index (κ2) is 6.35. The van der Waals surface area contributed by atoms with E-state index in [9.17, 15) is 9.90 Å². The van der Waals surface area contributed by atoms with Gasteiger partial charge < -0.3 is 14.7 Å². The molecule has 5 nitrogen and oxygen atoms in total. The van der Waals surface area contributed by atoms with Gasteiger partial charge >= 0.3 is 0 Å². The Morgan fingerprint density at radius 1 is 1.14 bits per heavy atom. The highest BCUT2D eigenvalue weighted by Crippen LogP contribution is 2.27. The van der Waals surface area contributed by atoms with Gasteiger partial charge in [-0.15, -0.1) is 0 Å². The number of piperazine rings is 1. The smallest absolute Gasteiger partial charge is 0.226 e. The van der Waals surface area contributed by atoms with E-state index in [0.29, 0.717) is 18.8 Å². The zero-order chi connectivity index (χ0) is 14.7. The van der Waals surface area contributed by atoms with Crippen molar-refractivity contribution in [3.63, 3.8) is 0 Å². The largest absolute Gasteiger partial charge is 0.508 e. The minimum atomic E-state index is 0.171. The summed E-state index contributed by atoms with van der Waals surface area (Å²) in [6, 6.07) is 7.35. The van der Waals surface area contributed by atoms with Gasteiger partial charge in [0.1, 0.15) is 11.5 Å². The fraction of sp³-hybridized carbons (Fsp3) is 0.562. The molecule has 1 aliphatic heterocycles. The van der Waals surface area contributed by atoms with E-state index in [4.69, 9.17) is 4.74 Å². The monoisotopic (exact) mass is 290 g/mol. The minimum Gasteiger partial charge on any atom is -0.508 e. The maximum atomic E-state index is 12.1. The average molecular weight is 290 g/mol. The molecular weight excluding hydrogens is 268 g/mol. The molecule has 1 N–H and O–H groups in total. The standard InChI is InChI=1S/C16H22N2O3/c19-14-3-5-15(6-4-14)21-12-7-16(20)18-10-8-17(9-11-18)13-1-2-13/h3-6,13,19H,1-2,7-12H2. The molecule has 1 saturated carbocycles. The number of phenolic OH excluding ortho intramolecular Hbond substituents is 1. The molecule has 2 aliphatic rings. The Labute approximate surface area is 125 Å². The molecule has 0 bridgehead atoms. The van der Waals surface area contributed by atoms with Gasteiger partial charge in [-0.2, -0.15) is 0 Å². The molecule has 0 atom stereocenters. The van der Waals surface area contributed by atoms with Crippen molar-refractivity contribution in [2.75, 3.05) is 32.8 Å². The van der Waals surface area contributed by atoms with Crippen LogP contribution in [0, 0.1) is 0 Å². The number of amides is 1. The van der Waals surface area contributed by atoms with E-state index in [1.54, 1.807) is 24.3 Å². The van der Waals surface area contributed by atoms with Crippen LogP contribution in [-0.2, 0) is 4.79 Å². The van der Waals surface area contributed by atoms with Crippen molar-refractivity contribution in [1.82, 2.24) is 9.80 Å². The summed E-state index contributed by atoms with van der Waals surface area (Å²) in [6.07, 6.45) is 3.06. The number of benzene rings is 1. The highest BCUT2D eigenvalue weighted by molar-refractivity contribution is 5.76. The van der Waals surface area contributed by atoms with Crippen molar-refractivity contribution in [1.29, 1.82) is 0 Å². The molecule has 2 fully saturated rings. The van der Waals surface area contributed by atoms with Crippen LogP contribution in [0.15, 0.2) is 24.3 Å². The molecule has 0 spiro atoms. The molecule has 1 heterocycles. The zero-order valence-corrected chi connectivity index (χ0v) is 12.2. The topological polar surface area (TPSA) is 53.0 Å². The number of carbonyl (C=O) groups is 1. The molecule has 114 valence electrons. The van der Waals surface area contributed by atoms with E-state index in [-0.39, 0.29) is 11.7 Å². The molecule has 21 heavy (non-hydrogen) atoms. The Morgan fingerprint density at radius 3 is 2.43 bits per heavy atom. The summed E-state index contributed by atoms with van der Waals surface area (Å²) >= 11 is 0. The number of ether oxygens (including phenoxy) is 1. The number of nitrogens with zero attached hydrogens (tertiary/aromatic N) is 2. The first-order valence-electron chi connectivity index (χ1n) is 7.66. The highest BCUT2D eigenvalue weighted by Gasteiger charge is 2.32. The van der Waals surface area contributed by atoms with Crippen molar-refractivity contribution in [3.05, 3.63) is 24.3 Å². The highest BCUT2D eigenvalue weighted by atomic mass is 16.5. The van der Waals surface area contributed by atoms with Gasteiger partial charge in [-0.25, -0.2) is 0 Å². The van der Waals surface area contributed by atoms with Crippen LogP contribution < -0.4 is 4.74 Å². The van der Waals surface area contributed by atoms with Gasteiger partial charge in [-0.05, 0) is 37.1 Å². The van der Waals surface area contributed by atoms with Crippen LogP contribution in [-0.4, -0.2) is 59.6 Å². The summed E-state index contributed by atoms with van der Waals surface area (Å²) in [5, 5.41) is 9.19. The summed E-state index contributed by atoms with van der Waals surface area (Å²) in [4.78, 5) is 16.6. The lowest BCUT2D eigenvalue weighted by Crippen LogP contribution is -2.49. The van der Waals surface area contributed by atoms with Crippen LogP contribution in [0.4, 0.5) is 0 Å². The van der Waals surface area contributed by atoms with Crippen LogP contribution in [0.3, 0.4) is 0 Å². The van der Waals surface area contributed by atoms with Crippen molar-refractivity contribution >= 4 is 5.91 Å². The summed E-state index contributed by atoms with van der Waals surface area (Å²) in [6.45, 7) is 4.08. The van der Waals surface area contributed by atoms with E-state index in [0.717, 1.165) is 32.2 Å². The molecule has 0 unspecified atom stereocenters. The van der Waals surface area contributed by atoms with E-state index >= 15 is 0 Å². The maximum Gasteiger partial charge on any atom is 0.226 e. The SMILES string of the molecule is O=C(CCOc1ccc(O)cc1)N1CCN(C2CC2)CC1. The predicted octanol–water partition coefficient (Wildman–Crippen LogP) is 1.47. The fourth-order valence-corrected chi connectivity index (χ4v) is 2.73. The van der Waals surface area contributed by atoms with Crippen LogP contribution >= 0.6 is 0 Å². The number of phenols is 1. The predicted molar refractivity (Wildman–Crippen MR) is 79.4 cm³/mol. The molecule has 3 rings (SSSR count). The number of rotatable bonds is 5. The summed E-state index contributed by atoms with van der Waals surface area (Å²) in [5.74, 6) is 1.07. The summed E-state index contributed by atoms with van der Waals surface area (Å²) < 4.78 is 5.52. The second-order valence-corrected chi connectivity index (χ2v) is 5.74. The van der Waals surface area contributed by atoms with Crippen molar-refractivity contribution < 1.29 is 14.6 Å². The number of hydrogen-bond donors (Lipinski definition) is 1. The number of carbonyl (C=O) groups excluding carboxylic acids is 1. The normalized spacial score (nSPS) is 19.5. The fourth-order valence-electron chi connectivity index (χ4n) is 2.73. The Kier molecular flexibility index (Phi) is 4.29. The number of hydrogen-bond acceptors (Lipinski definition) is 4. The molecule has 0 radical (unpaired) electrons. The lowest BCUT2D eigenvalue weighted by atomic mass is 10.2. The quantitative estimate of drug-likeness (QED) is 0.892. The third-order valence-electron chi connectivity index (χ3n) is 4.15. The summed E-state index contributed by atoms with van der Waals surface area (Å²) in [5.41, 5.74) is 0. The molecule has 1 aliphatic carbocycles. The van der Waals surface area contributed by atoms with Gasteiger partial charge in [0.25, 0.3) is 0 Å². The third kappa shape index (κ3) is 3.88.